The Morgan fingerprint density at radius 1 is 1.29 bits per heavy atom. The summed E-state index contributed by atoms with van der Waals surface area (Å²) in [6.07, 6.45) is 2.35. The van der Waals surface area contributed by atoms with E-state index >= 15 is 0 Å². The summed E-state index contributed by atoms with van der Waals surface area (Å²) in [5.74, 6) is 0.956. The van der Waals surface area contributed by atoms with Crippen LogP contribution in [-0.4, -0.2) is 31.8 Å². The van der Waals surface area contributed by atoms with Gasteiger partial charge in [0.2, 0.25) is 0 Å². The van der Waals surface area contributed by atoms with Crippen LogP contribution in [0.2, 0.25) is 0 Å². The van der Waals surface area contributed by atoms with E-state index < -0.39 is 5.60 Å². The van der Waals surface area contributed by atoms with E-state index in [2.05, 4.69) is 5.32 Å². The predicted molar refractivity (Wildman–Crippen MR) is 82.5 cm³/mol. The van der Waals surface area contributed by atoms with Crippen molar-refractivity contribution in [3.8, 4) is 5.75 Å². The SMILES string of the molecule is COc1ccccc1CC(=O)OC(C)(C)C1CCNCC1. The number of hydrogen-bond donors (Lipinski definition) is 1. The molecule has 0 amide bonds. The molecular weight excluding hydrogens is 266 g/mol. The second-order valence-corrected chi connectivity index (χ2v) is 6.09. The van der Waals surface area contributed by atoms with Crippen LogP contribution in [0, 0.1) is 5.92 Å². The Kier molecular flexibility index (Phi) is 5.23. The molecule has 2 rings (SSSR count). The van der Waals surface area contributed by atoms with Crippen molar-refractivity contribution >= 4 is 5.97 Å². The van der Waals surface area contributed by atoms with Gasteiger partial charge in [0.15, 0.2) is 0 Å². The Hall–Kier alpha value is -1.55. The molecule has 0 aliphatic carbocycles. The van der Waals surface area contributed by atoms with Crippen LogP contribution < -0.4 is 10.1 Å². The first-order chi connectivity index (χ1) is 10.0. The van der Waals surface area contributed by atoms with Crippen molar-refractivity contribution < 1.29 is 14.3 Å². The van der Waals surface area contributed by atoms with Crippen molar-refractivity contribution in [1.29, 1.82) is 0 Å². The Balaban J connectivity index is 1.97. The van der Waals surface area contributed by atoms with Crippen LogP contribution >= 0.6 is 0 Å². The monoisotopic (exact) mass is 291 g/mol. The number of esters is 1. The lowest BCUT2D eigenvalue weighted by Gasteiger charge is -2.36. The minimum absolute atomic E-state index is 0.192. The van der Waals surface area contributed by atoms with E-state index in [0.717, 1.165) is 37.2 Å². The lowest BCUT2D eigenvalue weighted by molar-refractivity contribution is -0.161. The zero-order valence-corrected chi connectivity index (χ0v) is 13.1. The summed E-state index contributed by atoms with van der Waals surface area (Å²) in [4.78, 5) is 12.2. The molecule has 116 valence electrons. The van der Waals surface area contributed by atoms with Gasteiger partial charge in [-0.25, -0.2) is 0 Å². The molecule has 1 aromatic carbocycles. The van der Waals surface area contributed by atoms with Crippen LogP contribution in [-0.2, 0) is 16.0 Å². The molecule has 4 nitrogen and oxygen atoms in total. The topological polar surface area (TPSA) is 47.6 Å². The van der Waals surface area contributed by atoms with Crippen LogP contribution in [0.1, 0.15) is 32.3 Å². The molecule has 0 radical (unpaired) electrons. The third-order valence-corrected chi connectivity index (χ3v) is 4.23. The first-order valence-corrected chi connectivity index (χ1v) is 7.57. The van der Waals surface area contributed by atoms with Gasteiger partial charge in [0.05, 0.1) is 13.5 Å². The number of carbonyl (C=O) groups is 1. The van der Waals surface area contributed by atoms with Gasteiger partial charge in [0, 0.05) is 11.5 Å². The molecule has 4 heteroatoms. The van der Waals surface area contributed by atoms with Crippen LogP contribution in [0.25, 0.3) is 0 Å². The van der Waals surface area contributed by atoms with E-state index in [0.29, 0.717) is 5.92 Å². The van der Waals surface area contributed by atoms with Gasteiger partial charge in [-0.2, -0.15) is 0 Å². The van der Waals surface area contributed by atoms with Gasteiger partial charge in [-0.1, -0.05) is 18.2 Å². The number of para-hydroxylation sites is 1. The molecule has 0 unspecified atom stereocenters. The minimum Gasteiger partial charge on any atom is -0.496 e. The zero-order valence-electron chi connectivity index (χ0n) is 13.1. The lowest BCUT2D eigenvalue weighted by Crippen LogP contribution is -2.43. The molecule has 0 spiro atoms. The van der Waals surface area contributed by atoms with Gasteiger partial charge in [0.25, 0.3) is 0 Å². The van der Waals surface area contributed by atoms with Crippen LogP contribution in [0.3, 0.4) is 0 Å². The molecule has 1 saturated heterocycles. The average molecular weight is 291 g/mol. The number of hydrogen-bond acceptors (Lipinski definition) is 4. The molecule has 1 fully saturated rings. The standard InChI is InChI=1S/C17H25NO3/c1-17(2,14-8-10-18-11-9-14)21-16(19)12-13-6-4-5-7-15(13)20-3/h4-7,14,18H,8-12H2,1-3H3. The number of benzene rings is 1. The second-order valence-electron chi connectivity index (χ2n) is 6.09. The van der Waals surface area contributed by atoms with E-state index in [1.807, 2.05) is 38.1 Å². The summed E-state index contributed by atoms with van der Waals surface area (Å²) in [6.45, 7) is 6.03. The highest BCUT2D eigenvalue weighted by Gasteiger charge is 2.34. The maximum absolute atomic E-state index is 12.2. The van der Waals surface area contributed by atoms with Crippen molar-refractivity contribution in [2.45, 2.75) is 38.7 Å². The van der Waals surface area contributed by atoms with Gasteiger partial charge in [-0.3, -0.25) is 4.79 Å². The number of piperidine rings is 1. The van der Waals surface area contributed by atoms with E-state index in [-0.39, 0.29) is 12.4 Å². The Labute approximate surface area is 126 Å². The fourth-order valence-corrected chi connectivity index (χ4v) is 2.93. The Morgan fingerprint density at radius 3 is 2.62 bits per heavy atom. The summed E-state index contributed by atoms with van der Waals surface area (Å²) in [5, 5.41) is 3.34. The van der Waals surface area contributed by atoms with Crippen molar-refractivity contribution in [3.63, 3.8) is 0 Å². The van der Waals surface area contributed by atoms with Crippen molar-refractivity contribution in [3.05, 3.63) is 29.8 Å². The number of nitrogens with one attached hydrogen (secondary N) is 1. The number of ether oxygens (including phenoxy) is 2. The molecule has 1 N–H and O–H groups in total. The average Bonchev–Trinajstić information content (AvgIpc) is 2.48. The molecule has 0 aromatic heterocycles. The van der Waals surface area contributed by atoms with Gasteiger partial charge >= 0.3 is 5.97 Å². The van der Waals surface area contributed by atoms with Gasteiger partial charge in [-0.05, 0) is 45.8 Å². The Morgan fingerprint density at radius 2 is 1.95 bits per heavy atom. The summed E-state index contributed by atoms with van der Waals surface area (Å²) in [7, 11) is 1.61. The van der Waals surface area contributed by atoms with Crippen molar-refractivity contribution in [2.75, 3.05) is 20.2 Å². The summed E-state index contributed by atoms with van der Waals surface area (Å²) >= 11 is 0. The first kappa shape index (κ1) is 15.8. The third kappa shape index (κ3) is 4.21. The molecule has 21 heavy (non-hydrogen) atoms. The zero-order chi connectivity index (χ0) is 15.3. The maximum atomic E-state index is 12.2. The molecule has 1 aliphatic rings. The lowest BCUT2D eigenvalue weighted by atomic mass is 9.83. The molecule has 0 atom stereocenters. The summed E-state index contributed by atoms with van der Waals surface area (Å²) in [5.41, 5.74) is 0.451. The minimum atomic E-state index is -0.415. The first-order valence-electron chi connectivity index (χ1n) is 7.57. The highest BCUT2D eigenvalue weighted by Crippen LogP contribution is 2.29. The van der Waals surface area contributed by atoms with E-state index in [9.17, 15) is 4.79 Å². The van der Waals surface area contributed by atoms with Crippen molar-refractivity contribution in [2.24, 2.45) is 5.92 Å². The fourth-order valence-electron chi connectivity index (χ4n) is 2.93. The molecular formula is C17H25NO3. The molecule has 1 aliphatic heterocycles. The van der Waals surface area contributed by atoms with E-state index in [1.54, 1.807) is 7.11 Å². The van der Waals surface area contributed by atoms with Crippen LogP contribution in [0.5, 0.6) is 5.75 Å². The number of methoxy groups -OCH3 is 1. The quantitative estimate of drug-likeness (QED) is 0.847. The predicted octanol–water partition coefficient (Wildman–Crippen LogP) is 2.56. The largest absolute Gasteiger partial charge is 0.496 e. The molecule has 0 saturated carbocycles. The highest BCUT2D eigenvalue weighted by molar-refractivity contribution is 5.74. The maximum Gasteiger partial charge on any atom is 0.310 e. The normalized spacial score (nSPS) is 16.5. The Bertz CT molecular complexity index is 479. The molecule has 0 bridgehead atoms. The van der Waals surface area contributed by atoms with Gasteiger partial charge in [0.1, 0.15) is 11.4 Å². The fraction of sp³-hybridized carbons (Fsp3) is 0.588. The smallest absolute Gasteiger partial charge is 0.310 e. The van der Waals surface area contributed by atoms with E-state index in [4.69, 9.17) is 9.47 Å². The van der Waals surface area contributed by atoms with Gasteiger partial charge in [-0.15, -0.1) is 0 Å². The number of rotatable bonds is 5. The highest BCUT2D eigenvalue weighted by atomic mass is 16.6. The second kappa shape index (κ2) is 6.94. The molecule has 1 aromatic rings. The van der Waals surface area contributed by atoms with Crippen LogP contribution in [0.4, 0.5) is 0 Å². The van der Waals surface area contributed by atoms with Gasteiger partial charge < -0.3 is 14.8 Å². The van der Waals surface area contributed by atoms with Crippen molar-refractivity contribution in [1.82, 2.24) is 5.32 Å². The van der Waals surface area contributed by atoms with Crippen LogP contribution in [0.15, 0.2) is 24.3 Å². The number of carbonyl (C=O) groups excluding carboxylic acids is 1. The summed E-state index contributed by atoms with van der Waals surface area (Å²) < 4.78 is 11.0. The summed E-state index contributed by atoms with van der Waals surface area (Å²) in [6, 6.07) is 7.56. The third-order valence-electron chi connectivity index (χ3n) is 4.23. The molecule has 1 heterocycles. The van der Waals surface area contributed by atoms with E-state index in [1.165, 1.54) is 0 Å².